The summed E-state index contributed by atoms with van der Waals surface area (Å²) >= 11 is 5.95. The van der Waals surface area contributed by atoms with Gasteiger partial charge in [0.15, 0.2) is 0 Å². The summed E-state index contributed by atoms with van der Waals surface area (Å²) in [6, 6.07) is 6.64. The Bertz CT molecular complexity index is 1130. The number of anilines is 2. The van der Waals surface area contributed by atoms with E-state index in [0.717, 1.165) is 12.1 Å². The first-order valence-corrected chi connectivity index (χ1v) is 11.2. The average molecular weight is 514 g/mol. The van der Waals surface area contributed by atoms with Crippen LogP contribution in [0.4, 0.5) is 34.1 Å². The smallest absolute Gasteiger partial charge is 0.418 e. The number of fused-ring (bicyclic) bond motifs is 1. The third kappa shape index (κ3) is 6.94. The van der Waals surface area contributed by atoms with E-state index in [4.69, 9.17) is 21.1 Å². The third-order valence-electron chi connectivity index (χ3n) is 4.98. The summed E-state index contributed by atoms with van der Waals surface area (Å²) in [6.07, 6.45) is -5.05. The van der Waals surface area contributed by atoms with Crippen LogP contribution in [0.25, 0.3) is 0 Å². The van der Waals surface area contributed by atoms with E-state index < -0.39 is 46.8 Å². The van der Waals surface area contributed by atoms with E-state index in [1.54, 1.807) is 39.0 Å². The number of hydrogen-bond acceptors (Lipinski definition) is 4. The molecule has 1 aliphatic heterocycles. The molecule has 1 atom stereocenters. The number of carbonyl (C=O) groups excluding carboxylic acids is 2. The molecule has 0 saturated carbocycles. The van der Waals surface area contributed by atoms with Gasteiger partial charge in [-0.05, 0) is 65.0 Å². The zero-order chi connectivity index (χ0) is 26.2. The summed E-state index contributed by atoms with van der Waals surface area (Å²) in [4.78, 5) is 24.9. The highest BCUT2D eigenvalue weighted by molar-refractivity contribution is 6.34. The maximum atomic E-state index is 13.4. The molecule has 35 heavy (non-hydrogen) atoms. The van der Waals surface area contributed by atoms with E-state index >= 15 is 0 Å². The van der Waals surface area contributed by atoms with Gasteiger partial charge in [-0.15, -0.1) is 0 Å². The molecule has 0 fully saturated rings. The minimum absolute atomic E-state index is 0.244. The van der Waals surface area contributed by atoms with Crippen molar-refractivity contribution in [2.75, 3.05) is 10.6 Å². The number of alkyl halides is 3. The maximum absolute atomic E-state index is 13.4. The van der Waals surface area contributed by atoms with Crippen LogP contribution < -0.4 is 20.7 Å². The van der Waals surface area contributed by atoms with Gasteiger partial charge < -0.3 is 20.1 Å². The van der Waals surface area contributed by atoms with Crippen molar-refractivity contribution in [3.63, 3.8) is 0 Å². The fourth-order valence-electron chi connectivity index (χ4n) is 3.68. The Morgan fingerprint density at radius 3 is 2.43 bits per heavy atom. The number of urea groups is 1. The number of hydrogen-bond donors (Lipinski definition) is 3. The Morgan fingerprint density at radius 1 is 1.11 bits per heavy atom. The number of para-hydroxylation sites is 1. The van der Waals surface area contributed by atoms with Gasteiger partial charge in [0.25, 0.3) is 0 Å². The summed E-state index contributed by atoms with van der Waals surface area (Å²) in [5.41, 5.74) is -2.02. The van der Waals surface area contributed by atoms with Crippen LogP contribution >= 0.6 is 11.6 Å². The molecule has 3 N–H and O–H groups in total. The van der Waals surface area contributed by atoms with Crippen LogP contribution in [0, 0.1) is 0 Å². The molecule has 0 unspecified atom stereocenters. The molecular formula is C24H27ClF3N3O4. The molecule has 1 heterocycles. The largest absolute Gasteiger partial charge is 0.487 e. The molecular weight excluding hydrogens is 487 g/mol. The van der Waals surface area contributed by atoms with E-state index in [9.17, 15) is 22.8 Å². The quantitative estimate of drug-likeness (QED) is 0.407. The van der Waals surface area contributed by atoms with Crippen molar-refractivity contribution < 1.29 is 32.2 Å². The van der Waals surface area contributed by atoms with Crippen molar-refractivity contribution in [2.24, 2.45) is 0 Å². The normalized spacial score (nSPS) is 17.0. The minimum Gasteiger partial charge on any atom is -0.487 e. The van der Waals surface area contributed by atoms with Gasteiger partial charge in [-0.2, -0.15) is 13.2 Å². The number of rotatable bonds is 3. The molecule has 0 aromatic heterocycles. The molecule has 0 saturated heterocycles. The Kier molecular flexibility index (Phi) is 7.17. The van der Waals surface area contributed by atoms with Gasteiger partial charge >= 0.3 is 18.3 Å². The Balaban J connectivity index is 1.84. The lowest BCUT2D eigenvalue weighted by atomic mass is 9.89. The summed E-state index contributed by atoms with van der Waals surface area (Å²) in [6.45, 7) is 8.85. The Morgan fingerprint density at radius 2 is 1.80 bits per heavy atom. The van der Waals surface area contributed by atoms with E-state index in [-0.39, 0.29) is 5.02 Å². The molecule has 1 aliphatic rings. The molecule has 3 rings (SSSR count). The minimum atomic E-state index is -4.71. The van der Waals surface area contributed by atoms with Crippen molar-refractivity contribution in [2.45, 2.75) is 64.5 Å². The van der Waals surface area contributed by atoms with Gasteiger partial charge in [-0.3, -0.25) is 5.32 Å². The fraction of sp³-hybridized carbons (Fsp3) is 0.417. The molecule has 0 spiro atoms. The average Bonchev–Trinajstić information content (AvgIpc) is 2.67. The van der Waals surface area contributed by atoms with Crippen molar-refractivity contribution in [1.29, 1.82) is 0 Å². The van der Waals surface area contributed by atoms with E-state index in [1.165, 1.54) is 6.07 Å². The Hall–Kier alpha value is -3.14. The van der Waals surface area contributed by atoms with Crippen molar-refractivity contribution in [3.8, 4) is 5.75 Å². The Labute approximate surface area is 206 Å². The van der Waals surface area contributed by atoms with E-state index in [0.29, 0.717) is 23.4 Å². The summed E-state index contributed by atoms with van der Waals surface area (Å²) in [5.74, 6) is 0.468. The van der Waals surface area contributed by atoms with Crippen LogP contribution in [0.2, 0.25) is 5.02 Å². The van der Waals surface area contributed by atoms with E-state index in [1.807, 2.05) is 13.8 Å². The first kappa shape index (κ1) is 26.5. The first-order valence-electron chi connectivity index (χ1n) is 10.8. The second-order valence-corrected chi connectivity index (χ2v) is 10.2. The number of ether oxygens (including phenoxy) is 2. The summed E-state index contributed by atoms with van der Waals surface area (Å²) < 4.78 is 51.4. The fourth-order valence-corrected chi connectivity index (χ4v) is 3.90. The first-order chi connectivity index (χ1) is 16.0. The lowest BCUT2D eigenvalue weighted by Crippen LogP contribution is -2.42. The van der Waals surface area contributed by atoms with Gasteiger partial charge in [-0.1, -0.05) is 17.7 Å². The highest BCUT2D eigenvalue weighted by atomic mass is 35.5. The number of halogens is 4. The molecule has 7 nitrogen and oxygen atoms in total. The summed E-state index contributed by atoms with van der Waals surface area (Å²) in [7, 11) is 0. The predicted molar refractivity (Wildman–Crippen MR) is 127 cm³/mol. The molecule has 0 bridgehead atoms. The number of carbonyl (C=O) groups is 2. The molecule has 0 radical (unpaired) electrons. The highest BCUT2D eigenvalue weighted by Gasteiger charge is 2.37. The molecule has 3 amide bonds. The van der Waals surface area contributed by atoms with Gasteiger partial charge in [0.2, 0.25) is 0 Å². The van der Waals surface area contributed by atoms with Crippen LogP contribution in [-0.4, -0.2) is 23.3 Å². The van der Waals surface area contributed by atoms with Crippen LogP contribution in [-0.2, 0) is 10.9 Å². The van der Waals surface area contributed by atoms with Crippen molar-refractivity contribution >= 4 is 35.1 Å². The van der Waals surface area contributed by atoms with Gasteiger partial charge in [-0.25, -0.2) is 9.59 Å². The molecule has 2 aromatic rings. The molecule has 190 valence electrons. The number of benzene rings is 2. The predicted octanol–water partition coefficient (Wildman–Crippen LogP) is 7.13. The van der Waals surface area contributed by atoms with Gasteiger partial charge in [0.1, 0.15) is 17.0 Å². The monoisotopic (exact) mass is 513 g/mol. The number of amides is 3. The zero-order valence-corrected chi connectivity index (χ0v) is 20.6. The van der Waals surface area contributed by atoms with Crippen LogP contribution in [0.5, 0.6) is 5.75 Å². The molecule has 2 aromatic carbocycles. The highest BCUT2D eigenvalue weighted by Crippen LogP contribution is 2.42. The zero-order valence-electron chi connectivity index (χ0n) is 19.9. The van der Waals surface area contributed by atoms with Crippen LogP contribution in [0.3, 0.4) is 0 Å². The van der Waals surface area contributed by atoms with Gasteiger partial charge in [0, 0.05) is 17.7 Å². The number of nitrogens with one attached hydrogen (secondary N) is 3. The standard InChI is InChI=1S/C24H27ClF3N3O4/c1-22(2,3)35-21(33)29-13-9-10-18-14(11-13)17(12-23(4,5)34-18)30-20(32)31-19-15(24(26,27)28)7-6-8-16(19)25/h6-11,17H,12H2,1-5H3,(H,29,33)(H2,30,31,32)/t17-/m1/s1. The maximum Gasteiger partial charge on any atom is 0.418 e. The van der Waals surface area contributed by atoms with Crippen LogP contribution in [0.1, 0.15) is 58.2 Å². The molecule has 11 heteroatoms. The third-order valence-corrected chi connectivity index (χ3v) is 5.29. The lowest BCUT2D eigenvalue weighted by molar-refractivity contribution is -0.136. The van der Waals surface area contributed by atoms with E-state index in [2.05, 4.69) is 16.0 Å². The lowest BCUT2D eigenvalue weighted by Gasteiger charge is -2.38. The second kappa shape index (κ2) is 9.49. The van der Waals surface area contributed by atoms with Gasteiger partial charge in [0.05, 0.1) is 22.3 Å². The SMILES string of the molecule is CC(C)(C)OC(=O)Nc1ccc2c(c1)[C@H](NC(=O)Nc1c(Cl)cccc1C(F)(F)F)CC(C)(C)O2. The van der Waals surface area contributed by atoms with Crippen molar-refractivity contribution in [3.05, 3.63) is 52.5 Å². The second-order valence-electron chi connectivity index (χ2n) is 9.76. The summed E-state index contributed by atoms with van der Waals surface area (Å²) in [5, 5.41) is 7.32. The topological polar surface area (TPSA) is 88.7 Å². The molecule has 0 aliphatic carbocycles. The van der Waals surface area contributed by atoms with Crippen LogP contribution in [0.15, 0.2) is 36.4 Å². The van der Waals surface area contributed by atoms with Crippen molar-refractivity contribution in [1.82, 2.24) is 5.32 Å².